The molecule has 0 fully saturated rings. The number of rotatable bonds is 7. The summed E-state index contributed by atoms with van der Waals surface area (Å²) in [4.78, 5) is 0. The average Bonchev–Trinajstić information content (AvgIpc) is 2.37. The van der Waals surface area contributed by atoms with Crippen LogP contribution in [-0.2, 0) is 6.61 Å². The molecule has 0 aliphatic carbocycles. The second-order valence-electron chi connectivity index (χ2n) is 5.88. The van der Waals surface area contributed by atoms with Crippen molar-refractivity contribution in [3.8, 4) is 5.75 Å². The molecule has 0 aromatic heterocycles. The van der Waals surface area contributed by atoms with Crippen LogP contribution in [0.25, 0.3) is 0 Å². The minimum absolute atomic E-state index is 0.00399. The number of hydrogen-bond donors (Lipinski definition) is 2. The van der Waals surface area contributed by atoms with E-state index in [0.717, 1.165) is 22.8 Å². The molecule has 1 aromatic rings. The van der Waals surface area contributed by atoms with E-state index in [2.05, 4.69) is 33.0 Å². The molecule has 114 valence electrons. The fourth-order valence-electron chi connectivity index (χ4n) is 1.79. The number of benzene rings is 1. The number of nitrogens with one attached hydrogen (secondary N) is 1. The van der Waals surface area contributed by atoms with Crippen molar-refractivity contribution in [2.75, 3.05) is 17.7 Å². The summed E-state index contributed by atoms with van der Waals surface area (Å²) in [7, 11) is 0. The Labute approximate surface area is 127 Å². The van der Waals surface area contributed by atoms with Crippen molar-refractivity contribution in [2.45, 2.75) is 52.0 Å². The molecule has 0 bridgehead atoms. The van der Waals surface area contributed by atoms with E-state index in [1.807, 2.05) is 36.9 Å². The Bertz CT molecular complexity index is 415. The lowest BCUT2D eigenvalue weighted by atomic mass is 10.1. The average molecular weight is 297 g/mol. The highest BCUT2D eigenvalue weighted by Crippen LogP contribution is 2.26. The zero-order valence-corrected chi connectivity index (χ0v) is 14.0. The van der Waals surface area contributed by atoms with E-state index in [1.54, 1.807) is 0 Å². The molecule has 3 nitrogen and oxygen atoms in total. The number of thioether (sulfide) groups is 1. The van der Waals surface area contributed by atoms with Crippen LogP contribution in [0.4, 0.5) is 5.69 Å². The van der Waals surface area contributed by atoms with Gasteiger partial charge >= 0.3 is 0 Å². The van der Waals surface area contributed by atoms with Crippen molar-refractivity contribution in [3.63, 3.8) is 0 Å². The highest BCUT2D eigenvalue weighted by molar-refractivity contribution is 8.00. The molecule has 0 saturated heterocycles. The van der Waals surface area contributed by atoms with Crippen molar-refractivity contribution in [1.29, 1.82) is 0 Å². The summed E-state index contributed by atoms with van der Waals surface area (Å²) in [6.07, 6.45) is 0. The van der Waals surface area contributed by atoms with E-state index in [-0.39, 0.29) is 11.4 Å². The quantitative estimate of drug-likeness (QED) is 0.800. The Kier molecular flexibility index (Phi) is 6.69. The summed E-state index contributed by atoms with van der Waals surface area (Å²) in [6.45, 7) is 11.4. The summed E-state index contributed by atoms with van der Waals surface area (Å²) < 4.78 is 5.77. The highest BCUT2D eigenvalue weighted by Gasteiger charge is 2.13. The summed E-state index contributed by atoms with van der Waals surface area (Å²) in [5, 5.41) is 12.9. The Morgan fingerprint density at radius 2 is 2.05 bits per heavy atom. The Hall–Kier alpha value is -0.870. The summed E-state index contributed by atoms with van der Waals surface area (Å²) in [5.41, 5.74) is 1.85. The first-order valence-electron chi connectivity index (χ1n) is 7.12. The molecule has 1 aromatic carbocycles. The largest absolute Gasteiger partial charge is 0.494 e. The predicted molar refractivity (Wildman–Crippen MR) is 88.8 cm³/mol. The van der Waals surface area contributed by atoms with Crippen molar-refractivity contribution >= 4 is 17.4 Å². The van der Waals surface area contributed by atoms with Crippen molar-refractivity contribution in [2.24, 2.45) is 0 Å². The molecule has 20 heavy (non-hydrogen) atoms. The van der Waals surface area contributed by atoms with Gasteiger partial charge in [-0.05, 0) is 32.0 Å². The van der Waals surface area contributed by atoms with Gasteiger partial charge in [0.1, 0.15) is 5.75 Å². The zero-order chi connectivity index (χ0) is 15.2. The molecule has 0 amide bonds. The molecule has 0 spiro atoms. The predicted octanol–water partition coefficient (Wildman–Crippen LogP) is 3.91. The van der Waals surface area contributed by atoms with Gasteiger partial charge in [-0.1, -0.05) is 20.8 Å². The smallest absolute Gasteiger partial charge is 0.124 e. The first-order valence-corrected chi connectivity index (χ1v) is 8.11. The molecule has 2 N–H and O–H groups in total. The number of aliphatic hydroxyl groups is 1. The number of anilines is 1. The van der Waals surface area contributed by atoms with E-state index in [4.69, 9.17) is 4.74 Å². The molecule has 0 aliphatic heterocycles. The molecule has 0 aliphatic rings. The van der Waals surface area contributed by atoms with Gasteiger partial charge in [-0.2, -0.15) is 11.8 Å². The lowest BCUT2D eigenvalue weighted by Crippen LogP contribution is -2.21. The van der Waals surface area contributed by atoms with Crippen LogP contribution >= 0.6 is 11.8 Å². The number of aliphatic hydroxyl groups excluding tert-OH is 1. The van der Waals surface area contributed by atoms with Gasteiger partial charge in [0.2, 0.25) is 0 Å². The normalized spacial score (nSPS) is 13.1. The van der Waals surface area contributed by atoms with Crippen LogP contribution in [-0.4, -0.2) is 28.3 Å². The van der Waals surface area contributed by atoms with Crippen LogP contribution < -0.4 is 10.1 Å². The van der Waals surface area contributed by atoms with Crippen LogP contribution in [0, 0.1) is 0 Å². The topological polar surface area (TPSA) is 41.5 Å². The van der Waals surface area contributed by atoms with Gasteiger partial charge in [0.25, 0.3) is 0 Å². The molecular weight excluding hydrogens is 270 g/mol. The van der Waals surface area contributed by atoms with E-state index in [1.165, 1.54) is 0 Å². The standard InChI is InChI=1S/C16H27NO2S/c1-6-19-15-8-7-14(9-13(15)10-18)17-12(2)11-20-16(3,4)5/h7-9,12,17-18H,6,10-11H2,1-5H3. The molecule has 1 atom stereocenters. The number of hydrogen-bond acceptors (Lipinski definition) is 4. The van der Waals surface area contributed by atoms with Crippen molar-refractivity contribution < 1.29 is 9.84 Å². The maximum Gasteiger partial charge on any atom is 0.124 e. The van der Waals surface area contributed by atoms with E-state index < -0.39 is 0 Å². The number of ether oxygens (including phenoxy) is 1. The second-order valence-corrected chi connectivity index (χ2v) is 7.73. The van der Waals surface area contributed by atoms with Gasteiger partial charge in [-0.25, -0.2) is 0 Å². The van der Waals surface area contributed by atoms with Crippen molar-refractivity contribution in [3.05, 3.63) is 23.8 Å². The van der Waals surface area contributed by atoms with Crippen LogP contribution in [0.15, 0.2) is 18.2 Å². The van der Waals surface area contributed by atoms with Gasteiger partial charge in [-0.3, -0.25) is 0 Å². The Balaban J connectivity index is 2.63. The van der Waals surface area contributed by atoms with Gasteiger partial charge < -0.3 is 15.2 Å². The minimum Gasteiger partial charge on any atom is -0.494 e. The fraction of sp³-hybridized carbons (Fsp3) is 0.625. The lowest BCUT2D eigenvalue weighted by molar-refractivity contribution is 0.267. The maximum atomic E-state index is 9.40. The van der Waals surface area contributed by atoms with Crippen LogP contribution in [0.5, 0.6) is 5.75 Å². The van der Waals surface area contributed by atoms with Gasteiger partial charge in [0.05, 0.1) is 13.2 Å². The molecule has 4 heteroatoms. The molecule has 1 unspecified atom stereocenters. The zero-order valence-electron chi connectivity index (χ0n) is 13.2. The first kappa shape index (κ1) is 17.2. The summed E-state index contributed by atoms with van der Waals surface area (Å²) >= 11 is 1.95. The van der Waals surface area contributed by atoms with Crippen LogP contribution in [0.3, 0.4) is 0 Å². The third-order valence-electron chi connectivity index (χ3n) is 2.71. The van der Waals surface area contributed by atoms with Crippen molar-refractivity contribution in [1.82, 2.24) is 0 Å². The molecule has 1 rings (SSSR count). The van der Waals surface area contributed by atoms with E-state index in [0.29, 0.717) is 12.6 Å². The summed E-state index contributed by atoms with van der Waals surface area (Å²) in [5.74, 6) is 1.81. The minimum atomic E-state index is -0.00399. The van der Waals surface area contributed by atoms with E-state index in [9.17, 15) is 5.11 Å². The maximum absolute atomic E-state index is 9.40. The van der Waals surface area contributed by atoms with Crippen LogP contribution in [0.2, 0.25) is 0 Å². The third-order valence-corrected chi connectivity index (χ3v) is 4.24. The molecular formula is C16H27NO2S. The third kappa shape index (κ3) is 6.06. The lowest BCUT2D eigenvalue weighted by Gasteiger charge is -2.22. The monoisotopic (exact) mass is 297 g/mol. The van der Waals surface area contributed by atoms with Crippen LogP contribution in [0.1, 0.15) is 40.2 Å². The first-order chi connectivity index (χ1) is 9.35. The fourth-order valence-corrected chi connectivity index (χ4v) is 2.62. The SMILES string of the molecule is CCOc1ccc(NC(C)CSC(C)(C)C)cc1CO. The molecule has 0 saturated carbocycles. The molecule has 0 radical (unpaired) electrons. The van der Waals surface area contributed by atoms with Gasteiger partial charge in [-0.15, -0.1) is 0 Å². The van der Waals surface area contributed by atoms with Gasteiger partial charge in [0.15, 0.2) is 0 Å². The molecule has 0 heterocycles. The Morgan fingerprint density at radius 3 is 2.60 bits per heavy atom. The van der Waals surface area contributed by atoms with E-state index >= 15 is 0 Å². The van der Waals surface area contributed by atoms with Gasteiger partial charge in [0, 0.05) is 27.8 Å². The summed E-state index contributed by atoms with van der Waals surface area (Å²) in [6, 6.07) is 6.26. The second kappa shape index (κ2) is 7.79. The Morgan fingerprint density at radius 1 is 1.35 bits per heavy atom. The highest BCUT2D eigenvalue weighted by atomic mass is 32.2.